The molecule has 23 heavy (non-hydrogen) atoms. The number of nitrogens with zero attached hydrogens (tertiary/aromatic N) is 3. The summed E-state index contributed by atoms with van der Waals surface area (Å²) in [6.45, 7) is 0. The summed E-state index contributed by atoms with van der Waals surface area (Å²) in [5.41, 5.74) is 0.896. The second-order valence-electron chi connectivity index (χ2n) is 5.32. The van der Waals surface area contributed by atoms with Crippen molar-refractivity contribution in [1.29, 1.82) is 0 Å². The minimum atomic E-state index is 0.0896. The molecule has 0 bridgehead atoms. The van der Waals surface area contributed by atoms with Crippen LogP contribution < -0.4 is 0 Å². The number of benzene rings is 2. The molecule has 0 N–H and O–H groups in total. The average Bonchev–Trinajstić information content (AvgIpc) is 3.03. The maximum Gasteiger partial charge on any atom is 0.276 e. The van der Waals surface area contributed by atoms with Crippen molar-refractivity contribution in [3.05, 3.63) is 42.5 Å². The monoisotopic (exact) mass is 327 g/mol. The molecule has 0 radical (unpaired) electrons. The highest BCUT2D eigenvalue weighted by atomic mass is 32.2. The molecule has 0 aliphatic heterocycles. The van der Waals surface area contributed by atoms with Gasteiger partial charge in [-0.2, -0.15) is 0 Å². The van der Waals surface area contributed by atoms with Gasteiger partial charge in [-0.25, -0.2) is 0 Å². The summed E-state index contributed by atoms with van der Waals surface area (Å²) in [6, 6.07) is 14.2. The summed E-state index contributed by atoms with van der Waals surface area (Å²) in [5, 5.41) is 10.9. The third kappa shape index (κ3) is 3.71. The number of fused-ring (bicyclic) bond motifs is 1. The molecule has 0 spiro atoms. The molecule has 2 aromatic carbocycles. The normalized spacial score (nSPS) is 10.9. The van der Waals surface area contributed by atoms with E-state index in [9.17, 15) is 4.79 Å². The van der Waals surface area contributed by atoms with E-state index in [1.54, 1.807) is 19.0 Å². The first-order valence-electron chi connectivity index (χ1n) is 7.29. The van der Waals surface area contributed by atoms with Gasteiger partial charge in [0.1, 0.15) is 0 Å². The van der Waals surface area contributed by atoms with E-state index in [4.69, 9.17) is 4.42 Å². The Balaban J connectivity index is 1.69. The van der Waals surface area contributed by atoms with E-state index in [1.165, 1.54) is 17.1 Å². The van der Waals surface area contributed by atoms with Crippen LogP contribution >= 0.6 is 11.8 Å². The number of carbonyl (C=O) groups is 1. The van der Waals surface area contributed by atoms with Gasteiger partial charge in [0.25, 0.3) is 5.22 Å². The van der Waals surface area contributed by atoms with Crippen LogP contribution in [0.15, 0.2) is 52.1 Å². The smallest absolute Gasteiger partial charge is 0.276 e. The number of hydrogen-bond donors (Lipinski definition) is 0. The Kier molecular flexibility index (Phi) is 4.62. The van der Waals surface area contributed by atoms with E-state index in [-0.39, 0.29) is 5.91 Å². The maximum atomic E-state index is 11.5. The summed E-state index contributed by atoms with van der Waals surface area (Å²) in [6.07, 6.45) is 0.450. The summed E-state index contributed by atoms with van der Waals surface area (Å²) in [7, 11) is 3.50. The van der Waals surface area contributed by atoms with E-state index in [0.29, 0.717) is 23.3 Å². The summed E-state index contributed by atoms with van der Waals surface area (Å²) in [5.74, 6) is 1.21. The third-order valence-corrected chi connectivity index (χ3v) is 4.26. The molecule has 0 saturated heterocycles. The van der Waals surface area contributed by atoms with Gasteiger partial charge >= 0.3 is 0 Å². The molecule has 3 aromatic rings. The molecule has 0 fully saturated rings. The first-order valence-corrected chi connectivity index (χ1v) is 8.27. The molecule has 0 aliphatic carbocycles. The van der Waals surface area contributed by atoms with Crippen LogP contribution in [0.2, 0.25) is 0 Å². The lowest BCUT2D eigenvalue weighted by Gasteiger charge is -2.08. The summed E-state index contributed by atoms with van der Waals surface area (Å²) >= 11 is 1.40. The summed E-state index contributed by atoms with van der Waals surface area (Å²) < 4.78 is 5.68. The van der Waals surface area contributed by atoms with Gasteiger partial charge in [-0.15, -0.1) is 10.2 Å². The molecule has 3 rings (SSSR count). The average molecular weight is 327 g/mol. The fourth-order valence-corrected chi connectivity index (χ4v) is 2.84. The van der Waals surface area contributed by atoms with Gasteiger partial charge in [0, 0.05) is 31.8 Å². The standard InChI is InChI=1S/C17H17N3O2S/c1-20(2)15(21)9-10-23-17-19-18-16(22-17)14-8-7-12-5-3-4-6-13(12)11-14/h3-8,11H,9-10H2,1-2H3. The second-order valence-corrected chi connectivity index (χ2v) is 6.37. The molecular weight excluding hydrogens is 310 g/mol. The Labute approximate surface area is 138 Å². The highest BCUT2D eigenvalue weighted by Gasteiger charge is 2.11. The van der Waals surface area contributed by atoms with Crippen molar-refractivity contribution in [1.82, 2.24) is 15.1 Å². The zero-order valence-electron chi connectivity index (χ0n) is 13.0. The van der Waals surface area contributed by atoms with Crippen molar-refractivity contribution in [2.45, 2.75) is 11.6 Å². The van der Waals surface area contributed by atoms with E-state index < -0.39 is 0 Å². The van der Waals surface area contributed by atoms with Crippen molar-refractivity contribution in [2.75, 3.05) is 19.8 Å². The van der Waals surface area contributed by atoms with Gasteiger partial charge in [0.15, 0.2) is 0 Å². The van der Waals surface area contributed by atoms with Crippen LogP contribution in [0.5, 0.6) is 0 Å². The zero-order valence-corrected chi connectivity index (χ0v) is 13.8. The van der Waals surface area contributed by atoms with Gasteiger partial charge in [0.2, 0.25) is 11.8 Å². The molecule has 0 unspecified atom stereocenters. The van der Waals surface area contributed by atoms with Gasteiger partial charge in [-0.05, 0) is 22.9 Å². The lowest BCUT2D eigenvalue weighted by Crippen LogP contribution is -2.21. The van der Waals surface area contributed by atoms with Crippen LogP contribution in [0.4, 0.5) is 0 Å². The van der Waals surface area contributed by atoms with E-state index >= 15 is 0 Å². The fourth-order valence-electron chi connectivity index (χ4n) is 2.16. The molecule has 118 valence electrons. The first kappa shape index (κ1) is 15.6. The number of rotatable bonds is 5. The van der Waals surface area contributed by atoms with Crippen molar-refractivity contribution < 1.29 is 9.21 Å². The van der Waals surface area contributed by atoms with Gasteiger partial charge < -0.3 is 9.32 Å². The van der Waals surface area contributed by atoms with Crippen LogP contribution in [0.1, 0.15) is 6.42 Å². The lowest BCUT2D eigenvalue weighted by atomic mass is 10.1. The van der Waals surface area contributed by atoms with Crippen LogP contribution in [0.3, 0.4) is 0 Å². The Bertz CT molecular complexity index is 829. The predicted octanol–water partition coefficient (Wildman–Crippen LogP) is 3.46. The van der Waals surface area contributed by atoms with Crippen LogP contribution in [-0.2, 0) is 4.79 Å². The lowest BCUT2D eigenvalue weighted by molar-refractivity contribution is -0.128. The zero-order chi connectivity index (χ0) is 16.2. The molecule has 5 nitrogen and oxygen atoms in total. The largest absolute Gasteiger partial charge is 0.411 e. The van der Waals surface area contributed by atoms with E-state index in [1.807, 2.05) is 30.3 Å². The van der Waals surface area contributed by atoms with Crippen molar-refractivity contribution >= 4 is 28.4 Å². The third-order valence-electron chi connectivity index (χ3n) is 3.44. The predicted molar refractivity (Wildman–Crippen MR) is 91.3 cm³/mol. The van der Waals surface area contributed by atoms with Crippen LogP contribution in [0, 0.1) is 0 Å². The number of amides is 1. The highest BCUT2D eigenvalue weighted by Crippen LogP contribution is 2.26. The maximum absolute atomic E-state index is 11.5. The van der Waals surface area contributed by atoms with E-state index in [2.05, 4.69) is 22.3 Å². The van der Waals surface area contributed by atoms with Crippen LogP contribution in [0.25, 0.3) is 22.2 Å². The minimum Gasteiger partial charge on any atom is -0.411 e. The molecule has 0 saturated carbocycles. The van der Waals surface area contributed by atoms with Gasteiger partial charge in [-0.3, -0.25) is 4.79 Å². The van der Waals surface area contributed by atoms with Crippen LogP contribution in [-0.4, -0.2) is 40.9 Å². The number of hydrogen-bond acceptors (Lipinski definition) is 5. The quantitative estimate of drug-likeness (QED) is 0.672. The molecule has 1 amide bonds. The Morgan fingerprint density at radius 1 is 1.13 bits per heavy atom. The Morgan fingerprint density at radius 3 is 2.70 bits per heavy atom. The van der Waals surface area contributed by atoms with E-state index in [0.717, 1.165) is 10.9 Å². The van der Waals surface area contributed by atoms with Gasteiger partial charge in [0.05, 0.1) is 0 Å². The second kappa shape index (κ2) is 6.83. The Hall–Kier alpha value is -2.34. The fraction of sp³-hybridized carbons (Fsp3) is 0.235. The number of aromatic nitrogens is 2. The number of carbonyl (C=O) groups excluding carboxylic acids is 1. The van der Waals surface area contributed by atoms with Crippen molar-refractivity contribution in [3.63, 3.8) is 0 Å². The first-order chi connectivity index (χ1) is 11.1. The van der Waals surface area contributed by atoms with Crippen molar-refractivity contribution in [2.24, 2.45) is 0 Å². The molecule has 1 aromatic heterocycles. The minimum absolute atomic E-state index is 0.0896. The number of thioether (sulfide) groups is 1. The molecule has 6 heteroatoms. The molecule has 0 aliphatic rings. The Morgan fingerprint density at radius 2 is 1.91 bits per heavy atom. The molecule has 1 heterocycles. The van der Waals surface area contributed by atoms with Crippen molar-refractivity contribution in [3.8, 4) is 11.5 Å². The molecular formula is C17H17N3O2S. The topological polar surface area (TPSA) is 59.2 Å². The highest BCUT2D eigenvalue weighted by molar-refractivity contribution is 7.99. The molecule has 0 atom stereocenters. The SMILES string of the molecule is CN(C)C(=O)CCSc1nnc(-c2ccc3ccccc3c2)o1. The summed E-state index contributed by atoms with van der Waals surface area (Å²) in [4.78, 5) is 13.1. The van der Waals surface area contributed by atoms with Gasteiger partial charge in [-0.1, -0.05) is 42.1 Å².